The maximum absolute atomic E-state index is 13.8. The monoisotopic (exact) mass is 514 g/mol. The van der Waals surface area contributed by atoms with E-state index >= 15 is 0 Å². The van der Waals surface area contributed by atoms with Crippen molar-refractivity contribution in [2.45, 2.75) is 23.5 Å². The second-order valence-electron chi connectivity index (χ2n) is 7.33. The van der Waals surface area contributed by atoms with Gasteiger partial charge in [-0.25, -0.2) is 12.8 Å². The van der Waals surface area contributed by atoms with Crippen molar-refractivity contribution < 1.29 is 30.8 Å². The molecule has 0 aromatic heterocycles. The normalized spacial score (nSPS) is 13.1. The highest BCUT2D eigenvalue weighted by Crippen LogP contribution is 2.34. The Kier molecular flexibility index (Phi) is 7.64. The van der Waals surface area contributed by atoms with Crippen LogP contribution < -0.4 is 5.73 Å². The number of rotatable bonds is 8. The van der Waals surface area contributed by atoms with Crippen LogP contribution in [0.3, 0.4) is 0 Å². The van der Waals surface area contributed by atoms with Gasteiger partial charge in [0.15, 0.2) is 0 Å². The van der Waals surface area contributed by atoms with Crippen molar-refractivity contribution in [3.05, 3.63) is 100 Å². The van der Waals surface area contributed by atoms with Crippen LogP contribution in [0.5, 0.6) is 0 Å². The van der Waals surface area contributed by atoms with Gasteiger partial charge < -0.3 is 5.73 Å². The summed E-state index contributed by atoms with van der Waals surface area (Å²) in [7, 11) is -4.44. The SMILES string of the molecule is NC(=O)[C@@H](c1ccccc1)N(CCc1cc(F)ccc1C(F)(F)F)S(=O)(=O)c1ccc(Cl)cc1. The second-order valence-corrected chi connectivity index (χ2v) is 9.66. The number of halogens is 5. The van der Waals surface area contributed by atoms with Gasteiger partial charge in [-0.05, 0) is 60.0 Å². The molecule has 0 saturated carbocycles. The number of primary amides is 1. The van der Waals surface area contributed by atoms with Crippen molar-refractivity contribution in [2.24, 2.45) is 5.73 Å². The van der Waals surface area contributed by atoms with E-state index in [9.17, 15) is 30.8 Å². The van der Waals surface area contributed by atoms with Crippen molar-refractivity contribution in [2.75, 3.05) is 6.54 Å². The lowest BCUT2D eigenvalue weighted by Gasteiger charge is -2.29. The smallest absolute Gasteiger partial charge is 0.368 e. The summed E-state index contributed by atoms with van der Waals surface area (Å²) in [5.74, 6) is -1.94. The molecule has 0 radical (unpaired) electrons. The zero-order valence-electron chi connectivity index (χ0n) is 17.5. The summed E-state index contributed by atoms with van der Waals surface area (Å²) >= 11 is 5.84. The lowest BCUT2D eigenvalue weighted by Crippen LogP contribution is -2.43. The first-order valence-corrected chi connectivity index (χ1v) is 11.7. The molecule has 5 nitrogen and oxygen atoms in total. The average Bonchev–Trinajstić information content (AvgIpc) is 2.76. The number of amides is 1. The number of benzene rings is 3. The Morgan fingerprint density at radius 2 is 1.62 bits per heavy atom. The summed E-state index contributed by atoms with van der Waals surface area (Å²) in [5, 5.41) is 0.259. The number of nitrogens with two attached hydrogens (primary N) is 1. The van der Waals surface area contributed by atoms with Crippen molar-refractivity contribution in [3.63, 3.8) is 0 Å². The summed E-state index contributed by atoms with van der Waals surface area (Å²) < 4.78 is 81.9. The van der Waals surface area contributed by atoms with Gasteiger partial charge in [0.05, 0.1) is 10.5 Å². The summed E-state index contributed by atoms with van der Waals surface area (Å²) in [6.45, 7) is -0.583. The quantitative estimate of drug-likeness (QED) is 0.432. The van der Waals surface area contributed by atoms with Crippen LogP contribution in [0.25, 0.3) is 0 Å². The fourth-order valence-corrected chi connectivity index (χ4v) is 5.23. The summed E-state index contributed by atoms with van der Waals surface area (Å²) in [6, 6.07) is 13.2. The van der Waals surface area contributed by atoms with Gasteiger partial charge in [-0.2, -0.15) is 17.5 Å². The third-order valence-electron chi connectivity index (χ3n) is 5.07. The molecular formula is C23H19ClF4N2O3S. The number of nitrogens with zero attached hydrogens (tertiary/aromatic N) is 1. The van der Waals surface area contributed by atoms with Gasteiger partial charge in [0.1, 0.15) is 11.9 Å². The fourth-order valence-electron chi connectivity index (χ4n) is 3.51. The predicted molar refractivity (Wildman–Crippen MR) is 119 cm³/mol. The maximum atomic E-state index is 13.8. The Bertz CT molecular complexity index is 1270. The maximum Gasteiger partial charge on any atom is 0.416 e. The zero-order chi connectivity index (χ0) is 25.1. The van der Waals surface area contributed by atoms with Crippen LogP contribution in [-0.2, 0) is 27.4 Å². The molecule has 0 fully saturated rings. The summed E-state index contributed by atoms with van der Waals surface area (Å²) in [6.07, 6.45) is -5.32. The van der Waals surface area contributed by atoms with Gasteiger partial charge in [-0.3, -0.25) is 4.79 Å². The zero-order valence-corrected chi connectivity index (χ0v) is 19.0. The minimum Gasteiger partial charge on any atom is -0.368 e. The molecule has 0 spiro atoms. The van der Waals surface area contributed by atoms with E-state index in [4.69, 9.17) is 17.3 Å². The van der Waals surface area contributed by atoms with Gasteiger partial charge in [0.2, 0.25) is 15.9 Å². The minimum atomic E-state index is -4.79. The number of sulfonamides is 1. The first kappa shape index (κ1) is 25.7. The molecule has 0 heterocycles. The van der Waals surface area contributed by atoms with Crippen molar-refractivity contribution >= 4 is 27.5 Å². The number of carbonyl (C=O) groups excluding carboxylic acids is 1. The molecule has 0 aliphatic heterocycles. The van der Waals surface area contributed by atoms with E-state index < -0.39 is 58.1 Å². The van der Waals surface area contributed by atoms with E-state index in [0.717, 1.165) is 4.31 Å². The van der Waals surface area contributed by atoms with E-state index in [1.165, 1.54) is 36.4 Å². The summed E-state index contributed by atoms with van der Waals surface area (Å²) in [4.78, 5) is 12.2. The molecule has 3 rings (SSSR count). The van der Waals surface area contributed by atoms with Gasteiger partial charge in [0.25, 0.3) is 0 Å². The molecule has 1 atom stereocenters. The number of hydrogen-bond acceptors (Lipinski definition) is 3. The van der Waals surface area contributed by atoms with Crippen LogP contribution in [0.15, 0.2) is 77.7 Å². The third kappa shape index (κ3) is 5.75. The van der Waals surface area contributed by atoms with Crippen LogP contribution in [-0.4, -0.2) is 25.2 Å². The molecule has 0 aliphatic carbocycles. The molecule has 2 N–H and O–H groups in total. The second kappa shape index (κ2) is 10.1. The molecular weight excluding hydrogens is 496 g/mol. The van der Waals surface area contributed by atoms with E-state index in [2.05, 4.69) is 0 Å². The largest absolute Gasteiger partial charge is 0.416 e. The molecule has 0 saturated heterocycles. The molecule has 1 amide bonds. The van der Waals surface area contributed by atoms with Gasteiger partial charge in [0, 0.05) is 11.6 Å². The first-order chi connectivity index (χ1) is 15.9. The van der Waals surface area contributed by atoms with E-state index in [0.29, 0.717) is 18.2 Å². The summed E-state index contributed by atoms with van der Waals surface area (Å²) in [5.41, 5.74) is 4.22. The molecule has 34 heavy (non-hydrogen) atoms. The predicted octanol–water partition coefficient (Wildman–Crippen LogP) is 4.96. The molecule has 0 unspecified atom stereocenters. The lowest BCUT2D eigenvalue weighted by molar-refractivity contribution is -0.138. The van der Waals surface area contributed by atoms with Gasteiger partial charge in [-0.1, -0.05) is 41.9 Å². The number of hydrogen-bond donors (Lipinski definition) is 1. The fraction of sp³-hybridized carbons (Fsp3) is 0.174. The van der Waals surface area contributed by atoms with Crippen LogP contribution in [0, 0.1) is 5.82 Å². The third-order valence-corrected chi connectivity index (χ3v) is 7.20. The van der Waals surface area contributed by atoms with Crippen LogP contribution >= 0.6 is 11.6 Å². The molecule has 0 aliphatic rings. The standard InChI is InChI=1S/C23H19ClF4N2O3S/c24-17-6-9-19(10-7-17)34(32,33)30(21(22(29)31)15-4-2-1-3-5-15)13-12-16-14-18(25)8-11-20(16)23(26,27)28/h1-11,14,21H,12-13H2,(H2,29,31)/t21-/m1/s1. The Morgan fingerprint density at radius 3 is 2.18 bits per heavy atom. The molecule has 3 aromatic rings. The molecule has 0 bridgehead atoms. The van der Waals surface area contributed by atoms with E-state index in [1.54, 1.807) is 18.2 Å². The Balaban J connectivity index is 2.10. The Morgan fingerprint density at radius 1 is 1.00 bits per heavy atom. The number of carbonyl (C=O) groups is 1. The van der Waals surface area contributed by atoms with Gasteiger partial charge in [-0.15, -0.1) is 0 Å². The lowest BCUT2D eigenvalue weighted by atomic mass is 10.0. The van der Waals surface area contributed by atoms with Crippen molar-refractivity contribution in [1.82, 2.24) is 4.31 Å². The average molecular weight is 515 g/mol. The first-order valence-electron chi connectivity index (χ1n) is 9.88. The number of alkyl halides is 3. The molecule has 180 valence electrons. The minimum absolute atomic E-state index is 0.225. The van der Waals surface area contributed by atoms with Crippen LogP contribution in [0.1, 0.15) is 22.7 Å². The Hall–Kier alpha value is -2.95. The highest BCUT2D eigenvalue weighted by Gasteiger charge is 2.37. The molecule has 11 heteroatoms. The highest BCUT2D eigenvalue weighted by molar-refractivity contribution is 7.89. The highest BCUT2D eigenvalue weighted by atomic mass is 35.5. The van der Waals surface area contributed by atoms with Crippen molar-refractivity contribution in [1.29, 1.82) is 0 Å². The molecule has 3 aromatic carbocycles. The van der Waals surface area contributed by atoms with E-state index in [1.807, 2.05) is 0 Å². The topological polar surface area (TPSA) is 80.5 Å². The van der Waals surface area contributed by atoms with Crippen LogP contribution in [0.2, 0.25) is 5.02 Å². The Labute approximate surface area is 198 Å². The van der Waals surface area contributed by atoms with Crippen molar-refractivity contribution in [3.8, 4) is 0 Å². The van der Waals surface area contributed by atoms with E-state index in [-0.39, 0.29) is 15.5 Å². The van der Waals surface area contributed by atoms with Crippen LogP contribution in [0.4, 0.5) is 17.6 Å². The van der Waals surface area contributed by atoms with Gasteiger partial charge >= 0.3 is 6.18 Å².